The SMILES string of the molecule is O=c1c([N+](=O)[O-])c(N2CCN(c3ncc(Cl)cc3Cl)CC2)nc2ccccn12. The van der Waals surface area contributed by atoms with Gasteiger partial charge in [0.05, 0.1) is 15.0 Å². The van der Waals surface area contributed by atoms with Crippen LogP contribution in [0.25, 0.3) is 5.65 Å². The second-order valence-electron chi connectivity index (χ2n) is 6.21. The van der Waals surface area contributed by atoms with Crippen LogP contribution in [0, 0.1) is 10.1 Å². The molecule has 0 saturated carbocycles. The molecule has 0 aliphatic carbocycles. The third-order valence-electron chi connectivity index (χ3n) is 4.54. The van der Waals surface area contributed by atoms with Gasteiger partial charge in [-0.15, -0.1) is 0 Å². The maximum Gasteiger partial charge on any atom is 0.376 e. The van der Waals surface area contributed by atoms with Crippen molar-refractivity contribution >= 4 is 46.2 Å². The average molecular weight is 421 g/mol. The average Bonchev–Trinajstić information content (AvgIpc) is 2.68. The first-order chi connectivity index (χ1) is 13.5. The van der Waals surface area contributed by atoms with Crippen molar-refractivity contribution in [1.82, 2.24) is 14.4 Å². The zero-order valence-electron chi connectivity index (χ0n) is 14.5. The molecule has 3 aromatic rings. The van der Waals surface area contributed by atoms with Crippen LogP contribution < -0.4 is 15.4 Å². The van der Waals surface area contributed by atoms with Crippen molar-refractivity contribution in [3.63, 3.8) is 0 Å². The van der Waals surface area contributed by atoms with Gasteiger partial charge in [0.25, 0.3) is 0 Å². The summed E-state index contributed by atoms with van der Waals surface area (Å²) < 4.78 is 1.18. The summed E-state index contributed by atoms with van der Waals surface area (Å²) in [5, 5.41) is 12.5. The number of piperazine rings is 1. The van der Waals surface area contributed by atoms with Crippen molar-refractivity contribution in [2.75, 3.05) is 36.0 Å². The fourth-order valence-electron chi connectivity index (χ4n) is 3.22. The molecule has 28 heavy (non-hydrogen) atoms. The Kier molecular flexibility index (Phi) is 4.78. The van der Waals surface area contributed by atoms with E-state index in [2.05, 4.69) is 9.97 Å². The minimum atomic E-state index is -0.699. The molecule has 1 aliphatic rings. The van der Waals surface area contributed by atoms with E-state index in [4.69, 9.17) is 23.2 Å². The number of rotatable bonds is 3. The van der Waals surface area contributed by atoms with Crippen LogP contribution in [0.2, 0.25) is 10.0 Å². The summed E-state index contributed by atoms with van der Waals surface area (Å²) in [5.74, 6) is 0.683. The van der Waals surface area contributed by atoms with Gasteiger partial charge in [-0.05, 0) is 18.2 Å². The monoisotopic (exact) mass is 420 g/mol. The van der Waals surface area contributed by atoms with Gasteiger partial charge in [0.2, 0.25) is 5.82 Å². The van der Waals surface area contributed by atoms with Gasteiger partial charge in [-0.3, -0.25) is 19.3 Å². The number of hydrogen-bond acceptors (Lipinski definition) is 7. The van der Waals surface area contributed by atoms with Crippen molar-refractivity contribution < 1.29 is 4.92 Å². The number of anilines is 2. The van der Waals surface area contributed by atoms with Gasteiger partial charge >= 0.3 is 11.2 Å². The number of pyridine rings is 2. The molecule has 0 aromatic carbocycles. The van der Waals surface area contributed by atoms with E-state index in [0.717, 1.165) is 0 Å². The molecule has 1 fully saturated rings. The molecule has 0 bridgehead atoms. The van der Waals surface area contributed by atoms with Crippen molar-refractivity contribution in [2.24, 2.45) is 0 Å². The maximum absolute atomic E-state index is 12.6. The Hall–Kier alpha value is -2.91. The van der Waals surface area contributed by atoms with E-state index in [9.17, 15) is 14.9 Å². The number of nitro groups is 1. The maximum atomic E-state index is 12.6. The number of nitrogens with zero attached hydrogens (tertiary/aromatic N) is 6. The molecule has 0 atom stereocenters. The minimum absolute atomic E-state index is 0.0796. The number of aromatic nitrogens is 3. The summed E-state index contributed by atoms with van der Waals surface area (Å²) in [6, 6.07) is 6.61. The molecule has 1 aliphatic heterocycles. The van der Waals surface area contributed by atoms with Crippen LogP contribution in [-0.4, -0.2) is 45.5 Å². The van der Waals surface area contributed by atoms with Crippen molar-refractivity contribution in [3.05, 3.63) is 67.2 Å². The summed E-state index contributed by atoms with van der Waals surface area (Å²) in [6.45, 7) is 1.89. The van der Waals surface area contributed by atoms with Gasteiger partial charge in [-0.2, -0.15) is 0 Å². The van der Waals surface area contributed by atoms with Crippen LogP contribution in [0.3, 0.4) is 0 Å². The molecular formula is C17H14Cl2N6O3. The van der Waals surface area contributed by atoms with Crippen LogP contribution in [0.1, 0.15) is 0 Å². The number of halogens is 2. The molecule has 4 rings (SSSR count). The zero-order chi connectivity index (χ0) is 19.8. The Balaban J connectivity index is 1.66. The fraction of sp³-hybridized carbons (Fsp3) is 0.235. The first-order valence-electron chi connectivity index (χ1n) is 8.42. The predicted octanol–water partition coefficient (Wildman–Crippen LogP) is 2.63. The third kappa shape index (κ3) is 3.23. The number of hydrogen-bond donors (Lipinski definition) is 0. The molecule has 4 heterocycles. The van der Waals surface area contributed by atoms with Gasteiger partial charge in [-0.1, -0.05) is 29.3 Å². The second-order valence-corrected chi connectivity index (χ2v) is 7.05. The Labute approximate surface area is 168 Å². The Morgan fingerprint density at radius 1 is 1.07 bits per heavy atom. The number of fused-ring (bicyclic) bond motifs is 1. The van der Waals surface area contributed by atoms with Crippen LogP contribution in [0.15, 0.2) is 41.5 Å². The second kappa shape index (κ2) is 7.25. The molecule has 3 aromatic heterocycles. The van der Waals surface area contributed by atoms with Gasteiger partial charge < -0.3 is 9.80 Å². The standard InChI is InChI=1S/C17H14Cl2N6O3/c18-11-9-12(19)15(20-10-11)22-5-7-23(8-6-22)16-14(25(27)28)17(26)24-4-2-1-3-13(24)21-16/h1-4,9-10H,5-8H2. The Morgan fingerprint density at radius 3 is 2.39 bits per heavy atom. The lowest BCUT2D eigenvalue weighted by Crippen LogP contribution is -2.47. The van der Waals surface area contributed by atoms with Gasteiger partial charge in [0, 0.05) is 38.6 Å². The van der Waals surface area contributed by atoms with Crippen molar-refractivity contribution in [2.45, 2.75) is 0 Å². The van der Waals surface area contributed by atoms with E-state index in [1.165, 1.54) is 16.8 Å². The third-order valence-corrected chi connectivity index (χ3v) is 5.03. The summed E-state index contributed by atoms with van der Waals surface area (Å²) in [4.78, 5) is 35.8. The van der Waals surface area contributed by atoms with Gasteiger partial charge in [0.15, 0.2) is 0 Å². The van der Waals surface area contributed by atoms with Crippen molar-refractivity contribution in [3.8, 4) is 0 Å². The lowest BCUT2D eigenvalue weighted by Gasteiger charge is -2.36. The lowest BCUT2D eigenvalue weighted by atomic mass is 10.2. The zero-order valence-corrected chi connectivity index (χ0v) is 16.0. The first kappa shape index (κ1) is 18.5. The van der Waals surface area contributed by atoms with E-state index in [1.54, 1.807) is 29.2 Å². The van der Waals surface area contributed by atoms with E-state index >= 15 is 0 Å². The molecule has 9 nitrogen and oxygen atoms in total. The summed E-state index contributed by atoms with van der Waals surface area (Å²) >= 11 is 12.1. The first-order valence-corrected chi connectivity index (χ1v) is 9.18. The summed E-state index contributed by atoms with van der Waals surface area (Å²) in [7, 11) is 0. The predicted molar refractivity (Wildman–Crippen MR) is 107 cm³/mol. The Morgan fingerprint density at radius 2 is 1.75 bits per heavy atom. The largest absolute Gasteiger partial charge is 0.376 e. The van der Waals surface area contributed by atoms with E-state index in [-0.39, 0.29) is 5.82 Å². The van der Waals surface area contributed by atoms with Crippen LogP contribution in [0.4, 0.5) is 17.3 Å². The van der Waals surface area contributed by atoms with Gasteiger partial charge in [-0.25, -0.2) is 9.97 Å². The minimum Gasteiger partial charge on any atom is -0.352 e. The quantitative estimate of drug-likeness (QED) is 0.474. The molecule has 144 valence electrons. The van der Waals surface area contributed by atoms with Gasteiger partial charge in [0.1, 0.15) is 11.5 Å². The normalized spacial score (nSPS) is 14.5. The highest BCUT2D eigenvalue weighted by molar-refractivity contribution is 6.36. The van der Waals surface area contributed by atoms with Crippen LogP contribution >= 0.6 is 23.2 Å². The van der Waals surface area contributed by atoms with Crippen LogP contribution in [-0.2, 0) is 0 Å². The molecule has 1 saturated heterocycles. The highest BCUT2D eigenvalue weighted by Gasteiger charge is 2.30. The highest BCUT2D eigenvalue weighted by atomic mass is 35.5. The molecule has 0 radical (unpaired) electrons. The Bertz CT molecular complexity index is 1130. The fourth-order valence-corrected chi connectivity index (χ4v) is 3.72. The topological polar surface area (TPSA) is 96.9 Å². The van der Waals surface area contributed by atoms with E-state index < -0.39 is 16.2 Å². The van der Waals surface area contributed by atoms with Crippen molar-refractivity contribution in [1.29, 1.82) is 0 Å². The van der Waals surface area contributed by atoms with E-state index in [1.807, 2.05) is 4.90 Å². The molecule has 11 heteroatoms. The van der Waals surface area contributed by atoms with Crippen LogP contribution in [0.5, 0.6) is 0 Å². The van der Waals surface area contributed by atoms with E-state index in [0.29, 0.717) is 47.7 Å². The highest BCUT2D eigenvalue weighted by Crippen LogP contribution is 2.29. The smallest absolute Gasteiger partial charge is 0.352 e. The molecular weight excluding hydrogens is 407 g/mol. The molecule has 0 unspecified atom stereocenters. The molecule has 0 N–H and O–H groups in total. The molecule has 0 amide bonds. The lowest BCUT2D eigenvalue weighted by molar-refractivity contribution is -0.385. The summed E-state index contributed by atoms with van der Waals surface area (Å²) in [6.07, 6.45) is 2.99. The molecule has 0 spiro atoms. The summed E-state index contributed by atoms with van der Waals surface area (Å²) in [5.41, 5.74) is -0.867.